The molecule has 0 saturated carbocycles. The van der Waals surface area contributed by atoms with Crippen molar-refractivity contribution in [1.82, 2.24) is 5.32 Å². The van der Waals surface area contributed by atoms with Crippen molar-refractivity contribution in [2.24, 2.45) is 0 Å². The largest absolute Gasteiger partial charge is 0.497 e. The number of piperidine rings is 1. The first-order valence-corrected chi connectivity index (χ1v) is 14.5. The van der Waals surface area contributed by atoms with Crippen LogP contribution in [-0.4, -0.2) is 47.0 Å². The SMILES string of the molecule is COc1ccc(NS(=O)(=O)c2cc(NC(=O)CCNC(=O)c3ccccc3Cl)ccc2N2CCCCC2)cc1. The molecule has 1 heterocycles. The van der Waals surface area contributed by atoms with Crippen LogP contribution < -0.4 is 25.0 Å². The van der Waals surface area contributed by atoms with Crippen LogP contribution in [0.4, 0.5) is 17.1 Å². The fourth-order valence-electron chi connectivity index (χ4n) is 4.33. The van der Waals surface area contributed by atoms with E-state index in [0.717, 1.165) is 32.4 Å². The number of carbonyl (C=O) groups is 2. The summed E-state index contributed by atoms with van der Waals surface area (Å²) in [6.45, 7) is 1.59. The Morgan fingerprint density at radius 2 is 1.64 bits per heavy atom. The second-order valence-electron chi connectivity index (χ2n) is 9.10. The minimum atomic E-state index is -3.99. The number of ether oxygens (including phenoxy) is 1. The molecule has 11 heteroatoms. The van der Waals surface area contributed by atoms with Crippen molar-refractivity contribution >= 4 is 50.5 Å². The van der Waals surface area contributed by atoms with Gasteiger partial charge in [-0.1, -0.05) is 23.7 Å². The highest BCUT2D eigenvalue weighted by Crippen LogP contribution is 2.32. The average molecular weight is 571 g/mol. The van der Waals surface area contributed by atoms with Crippen molar-refractivity contribution in [2.75, 3.05) is 41.7 Å². The molecule has 206 valence electrons. The summed E-state index contributed by atoms with van der Waals surface area (Å²) in [5, 5.41) is 5.74. The maximum atomic E-state index is 13.5. The van der Waals surface area contributed by atoms with Gasteiger partial charge in [-0.05, 0) is 73.9 Å². The van der Waals surface area contributed by atoms with Crippen molar-refractivity contribution in [3.8, 4) is 5.75 Å². The van der Waals surface area contributed by atoms with Crippen LogP contribution in [0.5, 0.6) is 5.75 Å². The second kappa shape index (κ2) is 12.9. The number of anilines is 3. The molecule has 0 aromatic heterocycles. The molecule has 0 unspecified atom stereocenters. The van der Waals surface area contributed by atoms with Gasteiger partial charge >= 0.3 is 0 Å². The molecular formula is C28H31ClN4O5S. The molecule has 1 aliphatic heterocycles. The maximum Gasteiger partial charge on any atom is 0.264 e. The number of hydrogen-bond donors (Lipinski definition) is 3. The molecule has 3 N–H and O–H groups in total. The molecule has 0 bridgehead atoms. The highest BCUT2D eigenvalue weighted by Gasteiger charge is 2.24. The molecule has 0 radical (unpaired) electrons. The number of carbonyl (C=O) groups excluding carboxylic acids is 2. The van der Waals surface area contributed by atoms with Gasteiger partial charge in [0.2, 0.25) is 5.91 Å². The van der Waals surface area contributed by atoms with E-state index in [9.17, 15) is 18.0 Å². The van der Waals surface area contributed by atoms with Crippen molar-refractivity contribution in [3.05, 3.63) is 77.3 Å². The Morgan fingerprint density at radius 3 is 2.33 bits per heavy atom. The van der Waals surface area contributed by atoms with E-state index in [0.29, 0.717) is 33.4 Å². The van der Waals surface area contributed by atoms with E-state index in [4.69, 9.17) is 16.3 Å². The van der Waals surface area contributed by atoms with E-state index in [-0.39, 0.29) is 29.7 Å². The van der Waals surface area contributed by atoms with E-state index in [1.165, 1.54) is 13.2 Å². The first-order valence-electron chi connectivity index (χ1n) is 12.7. The van der Waals surface area contributed by atoms with Gasteiger partial charge in [-0.15, -0.1) is 0 Å². The molecule has 4 rings (SSSR count). The number of benzene rings is 3. The standard InChI is InChI=1S/C28H31ClN4O5S/c1-38-22-12-9-20(10-13-22)32-39(36,37)26-19-21(11-14-25(26)33-17-5-2-6-18-33)31-27(34)15-16-30-28(35)23-7-3-4-8-24(23)29/h3-4,7-14,19,32H,2,5-6,15-18H2,1H3,(H,30,35)(H,31,34). The summed E-state index contributed by atoms with van der Waals surface area (Å²) in [5.41, 5.74) is 1.64. The van der Waals surface area contributed by atoms with E-state index < -0.39 is 10.0 Å². The van der Waals surface area contributed by atoms with Gasteiger partial charge in [0.1, 0.15) is 10.6 Å². The van der Waals surface area contributed by atoms with E-state index >= 15 is 0 Å². The Balaban J connectivity index is 1.48. The normalized spacial score (nSPS) is 13.4. The van der Waals surface area contributed by atoms with Gasteiger partial charge in [-0.2, -0.15) is 0 Å². The number of nitrogens with zero attached hydrogens (tertiary/aromatic N) is 1. The zero-order valence-corrected chi connectivity index (χ0v) is 23.1. The van der Waals surface area contributed by atoms with Crippen molar-refractivity contribution in [2.45, 2.75) is 30.6 Å². The summed E-state index contributed by atoms with van der Waals surface area (Å²) < 4.78 is 34.8. The molecular weight excluding hydrogens is 540 g/mol. The monoisotopic (exact) mass is 570 g/mol. The Hall–Kier alpha value is -3.76. The summed E-state index contributed by atoms with van der Waals surface area (Å²) in [5.74, 6) is -0.136. The number of amides is 2. The van der Waals surface area contributed by atoms with Gasteiger partial charge in [-0.25, -0.2) is 8.42 Å². The lowest BCUT2D eigenvalue weighted by Crippen LogP contribution is -2.31. The molecule has 1 saturated heterocycles. The fraction of sp³-hybridized carbons (Fsp3) is 0.286. The number of sulfonamides is 1. The number of nitrogens with one attached hydrogen (secondary N) is 3. The van der Waals surface area contributed by atoms with Gasteiger partial charge in [0.15, 0.2) is 0 Å². The highest BCUT2D eigenvalue weighted by molar-refractivity contribution is 7.92. The minimum absolute atomic E-state index is 0.00372. The van der Waals surface area contributed by atoms with Crippen molar-refractivity contribution in [1.29, 1.82) is 0 Å². The quantitative estimate of drug-likeness (QED) is 0.319. The minimum Gasteiger partial charge on any atom is -0.497 e. The molecule has 1 fully saturated rings. The lowest BCUT2D eigenvalue weighted by atomic mass is 10.1. The third kappa shape index (κ3) is 7.42. The van der Waals surface area contributed by atoms with E-state index in [2.05, 4.69) is 20.3 Å². The Morgan fingerprint density at radius 1 is 0.949 bits per heavy atom. The zero-order chi connectivity index (χ0) is 27.8. The molecule has 3 aromatic rings. The molecule has 9 nitrogen and oxygen atoms in total. The molecule has 1 aliphatic rings. The third-order valence-electron chi connectivity index (χ3n) is 6.33. The molecule has 0 atom stereocenters. The Kier molecular flexibility index (Phi) is 9.32. The summed E-state index contributed by atoms with van der Waals surface area (Å²) >= 11 is 6.05. The number of halogens is 1. The lowest BCUT2D eigenvalue weighted by molar-refractivity contribution is -0.116. The predicted molar refractivity (Wildman–Crippen MR) is 153 cm³/mol. The molecule has 0 aliphatic carbocycles. The summed E-state index contributed by atoms with van der Waals surface area (Å²) in [7, 11) is -2.45. The number of rotatable bonds is 10. The topological polar surface area (TPSA) is 117 Å². The van der Waals surface area contributed by atoms with Crippen LogP contribution >= 0.6 is 11.6 Å². The molecule has 0 spiro atoms. The number of methoxy groups -OCH3 is 1. The van der Waals surface area contributed by atoms with Crippen LogP contribution in [0.1, 0.15) is 36.0 Å². The average Bonchev–Trinajstić information content (AvgIpc) is 2.94. The zero-order valence-electron chi connectivity index (χ0n) is 21.6. The van der Waals surface area contributed by atoms with Gasteiger partial charge in [0.05, 0.1) is 23.4 Å². The van der Waals surface area contributed by atoms with Crippen LogP contribution in [0.3, 0.4) is 0 Å². The van der Waals surface area contributed by atoms with Crippen LogP contribution in [0.2, 0.25) is 5.02 Å². The molecule has 3 aromatic carbocycles. The number of hydrogen-bond acceptors (Lipinski definition) is 6. The lowest BCUT2D eigenvalue weighted by Gasteiger charge is -2.30. The predicted octanol–water partition coefficient (Wildman–Crippen LogP) is 4.90. The Labute approximate surface area is 233 Å². The van der Waals surface area contributed by atoms with Crippen LogP contribution in [0.15, 0.2) is 71.6 Å². The second-order valence-corrected chi connectivity index (χ2v) is 11.2. The third-order valence-corrected chi connectivity index (χ3v) is 8.07. The van der Waals surface area contributed by atoms with E-state index in [1.54, 1.807) is 60.7 Å². The van der Waals surface area contributed by atoms with Crippen molar-refractivity contribution < 1.29 is 22.7 Å². The smallest absolute Gasteiger partial charge is 0.264 e. The Bertz CT molecular complexity index is 1420. The van der Waals surface area contributed by atoms with Crippen LogP contribution in [0.25, 0.3) is 0 Å². The first kappa shape index (κ1) is 28.3. The molecule has 39 heavy (non-hydrogen) atoms. The van der Waals surface area contributed by atoms with Crippen LogP contribution in [0, 0.1) is 0 Å². The highest BCUT2D eigenvalue weighted by atomic mass is 35.5. The fourth-order valence-corrected chi connectivity index (χ4v) is 5.86. The summed E-state index contributed by atoms with van der Waals surface area (Å²) in [4.78, 5) is 27.1. The van der Waals surface area contributed by atoms with Crippen LogP contribution in [-0.2, 0) is 14.8 Å². The summed E-state index contributed by atoms with van der Waals surface area (Å²) in [6, 6.07) is 18.1. The van der Waals surface area contributed by atoms with Gasteiger partial charge < -0.3 is 20.3 Å². The van der Waals surface area contributed by atoms with E-state index in [1.807, 2.05) is 0 Å². The van der Waals surface area contributed by atoms with Gasteiger partial charge in [0.25, 0.3) is 15.9 Å². The summed E-state index contributed by atoms with van der Waals surface area (Å²) in [6.07, 6.45) is 3.05. The molecule has 2 amide bonds. The van der Waals surface area contributed by atoms with Gasteiger partial charge in [0, 0.05) is 37.4 Å². The van der Waals surface area contributed by atoms with Crippen molar-refractivity contribution in [3.63, 3.8) is 0 Å². The maximum absolute atomic E-state index is 13.5. The first-order chi connectivity index (χ1) is 18.8. The van der Waals surface area contributed by atoms with Gasteiger partial charge in [-0.3, -0.25) is 14.3 Å².